The zero-order valence-electron chi connectivity index (χ0n) is 10.6. The predicted octanol–water partition coefficient (Wildman–Crippen LogP) is 2.58. The summed E-state index contributed by atoms with van der Waals surface area (Å²) in [6.07, 6.45) is 9.68. The average molecular weight is 241 g/mol. The van der Waals surface area contributed by atoms with E-state index in [0.29, 0.717) is 11.3 Å². The third kappa shape index (κ3) is 1.57. The molecule has 2 fully saturated rings. The van der Waals surface area contributed by atoms with Crippen LogP contribution in [0.2, 0.25) is 0 Å². The molecule has 0 atom stereocenters. The van der Waals surface area contributed by atoms with Gasteiger partial charge in [-0.15, -0.1) is 0 Å². The van der Waals surface area contributed by atoms with Gasteiger partial charge in [0.15, 0.2) is 0 Å². The van der Waals surface area contributed by atoms with Crippen molar-refractivity contribution in [2.75, 3.05) is 13.1 Å². The summed E-state index contributed by atoms with van der Waals surface area (Å²) in [5, 5.41) is 3.43. The Balaban J connectivity index is 1.56. The molecule has 1 aliphatic heterocycles. The summed E-state index contributed by atoms with van der Waals surface area (Å²) in [5.74, 6) is 0.677. The Bertz CT molecular complexity index is 525. The maximum atomic E-state index is 4.78. The molecular formula is C15H19N3. The van der Waals surface area contributed by atoms with E-state index in [2.05, 4.69) is 40.3 Å². The second-order valence-electron chi connectivity index (χ2n) is 6.01. The Hall–Kier alpha value is -1.35. The van der Waals surface area contributed by atoms with E-state index in [9.17, 15) is 0 Å². The van der Waals surface area contributed by atoms with Crippen LogP contribution in [0.25, 0.3) is 5.65 Å². The normalized spacial score (nSPS) is 23.3. The summed E-state index contributed by atoms with van der Waals surface area (Å²) >= 11 is 0. The molecule has 3 nitrogen and oxygen atoms in total. The summed E-state index contributed by atoms with van der Waals surface area (Å²) in [6, 6.07) is 6.21. The van der Waals surface area contributed by atoms with E-state index in [1.54, 1.807) is 0 Å². The lowest BCUT2D eigenvalue weighted by Crippen LogP contribution is -2.54. The first-order chi connectivity index (χ1) is 8.85. The van der Waals surface area contributed by atoms with Crippen LogP contribution in [0.3, 0.4) is 0 Å². The summed E-state index contributed by atoms with van der Waals surface area (Å²) < 4.78 is 2.14. The van der Waals surface area contributed by atoms with Gasteiger partial charge >= 0.3 is 0 Å². The van der Waals surface area contributed by atoms with Gasteiger partial charge in [0.25, 0.3) is 0 Å². The Morgan fingerprint density at radius 1 is 1.22 bits per heavy atom. The van der Waals surface area contributed by atoms with Gasteiger partial charge in [0.1, 0.15) is 5.65 Å². The molecule has 4 rings (SSSR count). The number of hydrogen-bond acceptors (Lipinski definition) is 2. The molecule has 1 saturated carbocycles. The van der Waals surface area contributed by atoms with Crippen LogP contribution in [0.5, 0.6) is 0 Å². The van der Waals surface area contributed by atoms with Crippen LogP contribution < -0.4 is 5.32 Å². The molecule has 1 N–H and O–H groups in total. The molecule has 94 valence electrons. The lowest BCUT2D eigenvalue weighted by Gasteiger charge is -2.47. The number of nitrogens with one attached hydrogen (secondary N) is 1. The van der Waals surface area contributed by atoms with Crippen molar-refractivity contribution in [1.29, 1.82) is 0 Å². The van der Waals surface area contributed by atoms with Crippen LogP contribution in [0.4, 0.5) is 0 Å². The van der Waals surface area contributed by atoms with Gasteiger partial charge in [-0.3, -0.25) is 0 Å². The third-order valence-electron chi connectivity index (χ3n) is 4.85. The highest BCUT2D eigenvalue weighted by atomic mass is 15.0. The van der Waals surface area contributed by atoms with Crippen molar-refractivity contribution >= 4 is 5.65 Å². The van der Waals surface area contributed by atoms with Crippen LogP contribution in [-0.4, -0.2) is 22.5 Å². The van der Waals surface area contributed by atoms with Gasteiger partial charge in [0.05, 0.1) is 5.69 Å². The molecule has 1 aliphatic carbocycles. The highest BCUT2D eigenvalue weighted by Gasteiger charge is 2.40. The minimum Gasteiger partial charge on any atom is -0.316 e. The number of imidazole rings is 1. The molecule has 3 heterocycles. The highest BCUT2D eigenvalue weighted by molar-refractivity contribution is 5.40. The SMILES string of the molecule is c1ccn2cc(C3CCC4(CC3)CNC4)nc2c1. The number of fused-ring (bicyclic) bond motifs is 1. The van der Waals surface area contributed by atoms with Gasteiger partial charge < -0.3 is 9.72 Å². The lowest BCUT2D eigenvalue weighted by atomic mass is 9.66. The molecule has 2 aliphatic rings. The molecule has 2 aromatic rings. The van der Waals surface area contributed by atoms with Crippen LogP contribution in [0.15, 0.2) is 30.6 Å². The summed E-state index contributed by atoms with van der Waals surface area (Å²) in [6.45, 7) is 2.48. The minimum atomic E-state index is 0.648. The van der Waals surface area contributed by atoms with Gasteiger partial charge in [-0.1, -0.05) is 6.07 Å². The third-order valence-corrected chi connectivity index (χ3v) is 4.85. The lowest BCUT2D eigenvalue weighted by molar-refractivity contribution is 0.0969. The van der Waals surface area contributed by atoms with Gasteiger partial charge in [-0.05, 0) is 43.2 Å². The number of rotatable bonds is 1. The largest absolute Gasteiger partial charge is 0.316 e. The number of pyridine rings is 1. The van der Waals surface area contributed by atoms with E-state index in [1.165, 1.54) is 44.5 Å². The Kier molecular flexibility index (Phi) is 2.24. The first-order valence-corrected chi connectivity index (χ1v) is 6.99. The topological polar surface area (TPSA) is 29.3 Å². The smallest absolute Gasteiger partial charge is 0.136 e. The summed E-state index contributed by atoms with van der Waals surface area (Å²) in [5.41, 5.74) is 3.02. The molecule has 0 bridgehead atoms. The van der Waals surface area contributed by atoms with Crippen molar-refractivity contribution < 1.29 is 0 Å². The number of nitrogens with zero attached hydrogens (tertiary/aromatic N) is 2. The molecule has 2 aromatic heterocycles. The zero-order chi connectivity index (χ0) is 12.0. The number of hydrogen-bond donors (Lipinski definition) is 1. The van der Waals surface area contributed by atoms with Crippen molar-refractivity contribution in [2.24, 2.45) is 5.41 Å². The molecule has 0 amide bonds. The van der Waals surface area contributed by atoms with E-state index in [0.717, 1.165) is 5.65 Å². The molecule has 0 unspecified atom stereocenters. The van der Waals surface area contributed by atoms with Crippen LogP contribution in [0, 0.1) is 5.41 Å². The van der Waals surface area contributed by atoms with Crippen LogP contribution in [0.1, 0.15) is 37.3 Å². The molecule has 3 heteroatoms. The van der Waals surface area contributed by atoms with Crippen molar-refractivity contribution in [1.82, 2.24) is 14.7 Å². The van der Waals surface area contributed by atoms with E-state index in [4.69, 9.17) is 4.98 Å². The maximum absolute atomic E-state index is 4.78. The maximum Gasteiger partial charge on any atom is 0.136 e. The van der Waals surface area contributed by atoms with Gasteiger partial charge in [-0.2, -0.15) is 0 Å². The Morgan fingerprint density at radius 3 is 2.72 bits per heavy atom. The first-order valence-electron chi connectivity index (χ1n) is 6.99. The fraction of sp³-hybridized carbons (Fsp3) is 0.533. The Labute approximate surface area is 107 Å². The number of aromatic nitrogens is 2. The second kappa shape index (κ2) is 3.82. The fourth-order valence-electron chi connectivity index (χ4n) is 3.51. The standard InChI is InChI=1S/C15H19N3/c1-2-8-18-9-13(17-14(18)3-1)12-4-6-15(7-5-12)10-16-11-15/h1-3,8-9,12,16H,4-7,10-11H2. The van der Waals surface area contributed by atoms with Crippen molar-refractivity contribution in [3.05, 3.63) is 36.3 Å². The summed E-state index contributed by atoms with van der Waals surface area (Å²) in [7, 11) is 0. The van der Waals surface area contributed by atoms with E-state index in [1.807, 2.05) is 0 Å². The van der Waals surface area contributed by atoms with Gasteiger partial charge in [0, 0.05) is 31.4 Å². The van der Waals surface area contributed by atoms with Crippen molar-refractivity contribution in [3.63, 3.8) is 0 Å². The first kappa shape index (κ1) is 10.6. The molecular weight excluding hydrogens is 222 g/mol. The Morgan fingerprint density at radius 2 is 2.06 bits per heavy atom. The quantitative estimate of drug-likeness (QED) is 0.831. The van der Waals surface area contributed by atoms with Crippen LogP contribution in [-0.2, 0) is 0 Å². The van der Waals surface area contributed by atoms with E-state index < -0.39 is 0 Å². The molecule has 18 heavy (non-hydrogen) atoms. The van der Waals surface area contributed by atoms with Crippen molar-refractivity contribution in [2.45, 2.75) is 31.6 Å². The fourth-order valence-corrected chi connectivity index (χ4v) is 3.51. The molecule has 1 saturated heterocycles. The van der Waals surface area contributed by atoms with Gasteiger partial charge in [-0.25, -0.2) is 4.98 Å². The van der Waals surface area contributed by atoms with Crippen molar-refractivity contribution in [3.8, 4) is 0 Å². The second-order valence-corrected chi connectivity index (χ2v) is 6.01. The zero-order valence-corrected chi connectivity index (χ0v) is 10.6. The highest BCUT2D eigenvalue weighted by Crippen LogP contribution is 2.44. The van der Waals surface area contributed by atoms with E-state index >= 15 is 0 Å². The minimum absolute atomic E-state index is 0.648. The van der Waals surface area contributed by atoms with Gasteiger partial charge in [0.2, 0.25) is 0 Å². The molecule has 1 spiro atoms. The monoisotopic (exact) mass is 241 g/mol. The molecule has 0 aromatic carbocycles. The summed E-state index contributed by atoms with van der Waals surface area (Å²) in [4.78, 5) is 4.78. The van der Waals surface area contributed by atoms with Crippen LogP contribution >= 0.6 is 0 Å². The van der Waals surface area contributed by atoms with E-state index in [-0.39, 0.29) is 0 Å². The predicted molar refractivity (Wildman–Crippen MR) is 71.7 cm³/mol. The molecule has 0 radical (unpaired) electrons. The average Bonchev–Trinajstić information content (AvgIpc) is 2.81.